The quantitative estimate of drug-likeness (QED) is 0.792. The maximum Gasteiger partial charge on any atom is 0.415 e. The molecule has 0 aliphatic carbocycles. The Labute approximate surface area is 153 Å². The van der Waals surface area contributed by atoms with E-state index in [2.05, 4.69) is 6.92 Å². The molecule has 6 nitrogen and oxygen atoms in total. The van der Waals surface area contributed by atoms with E-state index in [0.29, 0.717) is 18.0 Å². The van der Waals surface area contributed by atoms with E-state index in [9.17, 15) is 4.79 Å². The Kier molecular flexibility index (Phi) is 4.93. The maximum atomic E-state index is 12.4. The van der Waals surface area contributed by atoms with Crippen molar-refractivity contribution in [3.63, 3.8) is 0 Å². The Morgan fingerprint density at radius 2 is 1.88 bits per heavy atom. The van der Waals surface area contributed by atoms with Gasteiger partial charge in [0.15, 0.2) is 0 Å². The van der Waals surface area contributed by atoms with Crippen molar-refractivity contribution in [3.05, 3.63) is 47.0 Å². The highest BCUT2D eigenvalue weighted by molar-refractivity contribution is 5.94. The number of amides is 1. The zero-order valence-corrected chi connectivity index (χ0v) is 15.4. The number of hydrogen-bond acceptors (Lipinski definition) is 5. The largest absolute Gasteiger partial charge is 0.494 e. The zero-order chi connectivity index (χ0) is 18.8. The van der Waals surface area contributed by atoms with Crippen LogP contribution in [0.15, 0.2) is 30.3 Å². The molecule has 0 unspecified atom stereocenters. The third-order valence-corrected chi connectivity index (χ3v) is 4.82. The predicted molar refractivity (Wildman–Crippen MR) is 104 cm³/mol. The third kappa shape index (κ3) is 3.14. The van der Waals surface area contributed by atoms with Crippen LogP contribution in [0.1, 0.15) is 36.1 Å². The van der Waals surface area contributed by atoms with Crippen LogP contribution in [0, 0.1) is 13.8 Å². The smallest absolute Gasteiger partial charge is 0.415 e. The van der Waals surface area contributed by atoms with Crippen LogP contribution in [0.5, 0.6) is 5.75 Å². The van der Waals surface area contributed by atoms with E-state index in [1.165, 1.54) is 0 Å². The minimum atomic E-state index is -0.381. The third-order valence-electron chi connectivity index (χ3n) is 4.82. The Balaban J connectivity index is 1.95. The van der Waals surface area contributed by atoms with E-state index in [0.717, 1.165) is 34.5 Å². The number of benzene rings is 2. The van der Waals surface area contributed by atoms with Gasteiger partial charge in [0, 0.05) is 0 Å². The number of hydrogen-bond donors (Lipinski definition) is 2. The molecule has 26 heavy (non-hydrogen) atoms. The molecule has 1 amide bonds. The number of anilines is 3. The number of nitrogens with zero attached hydrogens (tertiary/aromatic N) is 1. The van der Waals surface area contributed by atoms with Gasteiger partial charge in [0.2, 0.25) is 0 Å². The molecule has 0 aromatic heterocycles. The fourth-order valence-electron chi connectivity index (χ4n) is 3.13. The van der Waals surface area contributed by atoms with Crippen molar-refractivity contribution in [2.45, 2.75) is 33.2 Å². The Hall–Kier alpha value is -2.89. The molecule has 0 saturated carbocycles. The molecule has 0 radical (unpaired) electrons. The first-order valence-corrected chi connectivity index (χ1v) is 8.78. The van der Waals surface area contributed by atoms with Gasteiger partial charge in [0.1, 0.15) is 12.4 Å². The van der Waals surface area contributed by atoms with Crippen molar-refractivity contribution < 1.29 is 14.3 Å². The summed E-state index contributed by atoms with van der Waals surface area (Å²) in [6.07, 6.45) is 0.575. The van der Waals surface area contributed by atoms with E-state index in [-0.39, 0.29) is 18.7 Å². The summed E-state index contributed by atoms with van der Waals surface area (Å²) in [5, 5.41) is 0. The van der Waals surface area contributed by atoms with Crippen molar-refractivity contribution in [1.82, 2.24) is 0 Å². The second kappa shape index (κ2) is 7.15. The zero-order valence-electron chi connectivity index (χ0n) is 15.4. The first kappa shape index (κ1) is 17.9. The van der Waals surface area contributed by atoms with Gasteiger partial charge in [-0.3, -0.25) is 4.90 Å². The first-order chi connectivity index (χ1) is 12.4. The van der Waals surface area contributed by atoms with Gasteiger partial charge in [-0.1, -0.05) is 19.1 Å². The summed E-state index contributed by atoms with van der Waals surface area (Å²) >= 11 is 0. The van der Waals surface area contributed by atoms with Crippen LogP contribution in [0.3, 0.4) is 0 Å². The molecular weight excluding hydrogens is 330 g/mol. The first-order valence-electron chi connectivity index (χ1n) is 8.78. The van der Waals surface area contributed by atoms with E-state index in [4.69, 9.17) is 20.9 Å². The molecule has 138 valence electrons. The molecular formula is C20H25N3O3. The standard InChI is InChI=1S/C20H25N3O3/c1-4-9-25-15-7-5-14(6-8-15)18-11-26-20(24)23(18)17-10-16(21)19(22)13(3)12(17)2/h5-8,10,18H,4,9,11,21-22H2,1-3H3/t18-/m1/s1. The number of nitrogen functional groups attached to an aromatic ring is 2. The van der Waals surface area contributed by atoms with Gasteiger partial charge in [-0.2, -0.15) is 0 Å². The average Bonchev–Trinajstić information content (AvgIpc) is 3.03. The predicted octanol–water partition coefficient (Wildman–Crippen LogP) is 3.95. The van der Waals surface area contributed by atoms with Gasteiger partial charge in [-0.05, 0) is 55.2 Å². The van der Waals surface area contributed by atoms with Gasteiger partial charge in [0.05, 0.1) is 29.7 Å². The topological polar surface area (TPSA) is 90.8 Å². The Bertz CT molecular complexity index is 818. The van der Waals surface area contributed by atoms with Gasteiger partial charge in [-0.15, -0.1) is 0 Å². The molecule has 1 heterocycles. The van der Waals surface area contributed by atoms with E-state index >= 15 is 0 Å². The number of rotatable bonds is 5. The molecule has 1 aliphatic rings. The van der Waals surface area contributed by atoms with Crippen LogP contribution >= 0.6 is 0 Å². The molecule has 1 aliphatic heterocycles. The summed E-state index contributed by atoms with van der Waals surface area (Å²) in [7, 11) is 0. The molecule has 2 aromatic carbocycles. The number of cyclic esters (lactones) is 1. The van der Waals surface area contributed by atoms with Gasteiger partial charge in [0.25, 0.3) is 0 Å². The fraction of sp³-hybridized carbons (Fsp3) is 0.350. The van der Waals surface area contributed by atoms with E-state index in [1.807, 2.05) is 38.1 Å². The molecule has 4 N–H and O–H groups in total. The highest BCUT2D eigenvalue weighted by Crippen LogP contribution is 2.39. The molecule has 3 rings (SSSR count). The van der Waals surface area contributed by atoms with Gasteiger partial charge < -0.3 is 20.9 Å². The summed E-state index contributed by atoms with van der Waals surface area (Å²) in [5.74, 6) is 0.816. The number of ether oxygens (including phenoxy) is 2. The second-order valence-electron chi connectivity index (χ2n) is 6.53. The average molecular weight is 355 g/mol. The summed E-state index contributed by atoms with van der Waals surface area (Å²) in [5.41, 5.74) is 16.6. The Morgan fingerprint density at radius 1 is 1.19 bits per heavy atom. The van der Waals surface area contributed by atoms with Crippen LogP contribution in [-0.2, 0) is 4.74 Å². The molecule has 2 aromatic rings. The lowest BCUT2D eigenvalue weighted by Crippen LogP contribution is -2.28. The van der Waals surface area contributed by atoms with Crippen LogP contribution in [0.4, 0.5) is 21.9 Å². The lowest BCUT2D eigenvalue weighted by Gasteiger charge is -2.25. The minimum Gasteiger partial charge on any atom is -0.494 e. The fourth-order valence-corrected chi connectivity index (χ4v) is 3.13. The van der Waals surface area contributed by atoms with Crippen molar-refractivity contribution in [2.75, 3.05) is 29.6 Å². The van der Waals surface area contributed by atoms with Gasteiger partial charge >= 0.3 is 6.09 Å². The van der Waals surface area contributed by atoms with E-state index < -0.39 is 0 Å². The normalized spacial score (nSPS) is 16.7. The monoisotopic (exact) mass is 355 g/mol. The Morgan fingerprint density at radius 3 is 2.54 bits per heavy atom. The number of carbonyl (C=O) groups excluding carboxylic acids is 1. The molecule has 0 spiro atoms. The highest BCUT2D eigenvalue weighted by atomic mass is 16.6. The summed E-state index contributed by atoms with van der Waals surface area (Å²) in [4.78, 5) is 14.1. The van der Waals surface area contributed by atoms with Crippen molar-refractivity contribution in [2.24, 2.45) is 0 Å². The van der Waals surface area contributed by atoms with Crippen molar-refractivity contribution in [3.8, 4) is 5.75 Å². The number of nitrogens with two attached hydrogens (primary N) is 2. The highest BCUT2D eigenvalue weighted by Gasteiger charge is 2.36. The second-order valence-corrected chi connectivity index (χ2v) is 6.53. The summed E-state index contributed by atoms with van der Waals surface area (Å²) in [6, 6.07) is 9.29. The molecule has 1 fully saturated rings. The summed E-state index contributed by atoms with van der Waals surface area (Å²) in [6.45, 7) is 6.87. The molecule has 0 bridgehead atoms. The lowest BCUT2D eigenvalue weighted by atomic mass is 10.0. The maximum absolute atomic E-state index is 12.4. The molecule has 1 saturated heterocycles. The minimum absolute atomic E-state index is 0.219. The molecule has 6 heteroatoms. The van der Waals surface area contributed by atoms with Crippen LogP contribution < -0.4 is 21.1 Å². The van der Waals surface area contributed by atoms with Crippen LogP contribution in [0.2, 0.25) is 0 Å². The van der Waals surface area contributed by atoms with Crippen molar-refractivity contribution in [1.29, 1.82) is 0 Å². The summed E-state index contributed by atoms with van der Waals surface area (Å²) < 4.78 is 11.0. The van der Waals surface area contributed by atoms with E-state index in [1.54, 1.807) is 11.0 Å². The van der Waals surface area contributed by atoms with Crippen LogP contribution in [-0.4, -0.2) is 19.3 Å². The SMILES string of the molecule is CCCOc1ccc([C@H]2COC(=O)N2c2cc(N)c(N)c(C)c2C)cc1. The van der Waals surface area contributed by atoms with Crippen molar-refractivity contribution >= 4 is 23.2 Å². The van der Waals surface area contributed by atoms with Crippen LogP contribution in [0.25, 0.3) is 0 Å². The number of carbonyl (C=O) groups is 1. The molecule has 1 atom stereocenters. The lowest BCUT2D eigenvalue weighted by molar-refractivity contribution is 0.179. The van der Waals surface area contributed by atoms with Gasteiger partial charge in [-0.25, -0.2) is 4.79 Å².